The molecular weight excluding hydrogens is 514 g/mol. The molecule has 0 saturated heterocycles. The normalized spacial score (nSPS) is 18.3. The van der Waals surface area contributed by atoms with Crippen LogP contribution in [0.15, 0.2) is 48.8 Å². The molecule has 1 amide bonds. The van der Waals surface area contributed by atoms with Crippen LogP contribution in [0.5, 0.6) is 0 Å². The van der Waals surface area contributed by atoms with Crippen molar-refractivity contribution in [3.8, 4) is 0 Å². The first-order valence-electron chi connectivity index (χ1n) is 12.4. The van der Waals surface area contributed by atoms with Crippen LogP contribution >= 0.6 is 0 Å². The number of alkyl halides is 3. The van der Waals surface area contributed by atoms with Crippen LogP contribution in [0.25, 0.3) is 10.9 Å². The maximum Gasteiger partial charge on any atom is 0.416 e. The Morgan fingerprint density at radius 3 is 2.69 bits per heavy atom. The number of halogens is 4. The number of aromatic nitrogens is 3. The summed E-state index contributed by atoms with van der Waals surface area (Å²) in [5, 5.41) is 0.561. The minimum Gasteiger partial charge on any atom is -0.383 e. The standard InChI is InChI=1S/C28H23F4N5O2/c1-14-25-20(13-39-14)18-10-19(21(29)11-22(18)36-26(25)33)27(38)37(12-24-34-7-2-8-35-24)23-6-3-15-9-16(28(30,31)32)4-5-17(15)23/h2,4-5,7-11,14,23H,3,6,12-13H2,1H3,(H2,33,36)/t14-,23?/m1/s1. The first-order valence-corrected chi connectivity index (χ1v) is 12.4. The molecular formula is C28H23F4N5O2. The number of hydrogen-bond donors (Lipinski definition) is 1. The van der Waals surface area contributed by atoms with Gasteiger partial charge in [0.25, 0.3) is 5.91 Å². The van der Waals surface area contributed by atoms with Gasteiger partial charge in [-0.1, -0.05) is 6.07 Å². The van der Waals surface area contributed by atoms with Gasteiger partial charge in [0.05, 0.1) is 41.9 Å². The molecule has 7 nitrogen and oxygen atoms in total. The third kappa shape index (κ3) is 4.36. The Morgan fingerprint density at radius 1 is 1.18 bits per heavy atom. The summed E-state index contributed by atoms with van der Waals surface area (Å²) in [6.45, 7) is 2.03. The van der Waals surface area contributed by atoms with E-state index in [1.165, 1.54) is 35.5 Å². The predicted octanol–water partition coefficient (Wildman–Crippen LogP) is 5.69. The van der Waals surface area contributed by atoms with Crippen LogP contribution in [0.3, 0.4) is 0 Å². The number of ether oxygens (including phenoxy) is 1. The third-order valence-electron chi connectivity index (χ3n) is 7.45. The highest BCUT2D eigenvalue weighted by Crippen LogP contribution is 2.42. The number of nitrogens with two attached hydrogens (primary N) is 1. The van der Waals surface area contributed by atoms with Crippen molar-refractivity contribution in [1.29, 1.82) is 0 Å². The van der Waals surface area contributed by atoms with Crippen molar-refractivity contribution in [3.63, 3.8) is 0 Å². The van der Waals surface area contributed by atoms with Gasteiger partial charge in [-0.2, -0.15) is 13.2 Å². The molecule has 200 valence electrons. The van der Waals surface area contributed by atoms with E-state index < -0.39 is 29.5 Å². The van der Waals surface area contributed by atoms with Crippen molar-refractivity contribution in [2.24, 2.45) is 0 Å². The second kappa shape index (κ2) is 9.26. The van der Waals surface area contributed by atoms with E-state index in [4.69, 9.17) is 10.5 Å². The Hall–Kier alpha value is -4.12. The number of pyridine rings is 1. The smallest absolute Gasteiger partial charge is 0.383 e. The molecule has 2 aromatic heterocycles. The average molecular weight is 538 g/mol. The van der Waals surface area contributed by atoms with Gasteiger partial charge in [0, 0.05) is 29.4 Å². The van der Waals surface area contributed by atoms with Gasteiger partial charge in [0.2, 0.25) is 0 Å². The maximum absolute atomic E-state index is 15.5. The number of nitrogen functional groups attached to an aromatic ring is 1. The molecule has 39 heavy (non-hydrogen) atoms. The summed E-state index contributed by atoms with van der Waals surface area (Å²) in [7, 11) is 0. The molecule has 0 fully saturated rings. The summed E-state index contributed by atoms with van der Waals surface area (Å²) in [4.78, 5) is 28.2. The molecule has 2 aliphatic rings. The summed E-state index contributed by atoms with van der Waals surface area (Å²) >= 11 is 0. The van der Waals surface area contributed by atoms with E-state index in [1.54, 1.807) is 6.07 Å². The SMILES string of the molecule is C[C@H]1OCc2c1c(N)nc1cc(F)c(C(=O)N(Cc3ncccn3)C3CCc4cc(C(F)(F)F)ccc43)cc21. The van der Waals surface area contributed by atoms with Crippen molar-refractivity contribution in [2.75, 3.05) is 5.73 Å². The average Bonchev–Trinajstić information content (AvgIpc) is 3.50. The van der Waals surface area contributed by atoms with Gasteiger partial charge in [-0.25, -0.2) is 19.3 Å². The third-order valence-corrected chi connectivity index (χ3v) is 7.45. The van der Waals surface area contributed by atoms with Gasteiger partial charge in [-0.15, -0.1) is 0 Å². The lowest BCUT2D eigenvalue weighted by atomic mass is 9.98. The lowest BCUT2D eigenvalue weighted by Gasteiger charge is -2.30. The Balaban J connectivity index is 1.45. The fraction of sp³-hybridized carbons (Fsp3) is 0.286. The number of anilines is 1. The molecule has 4 aromatic rings. The van der Waals surface area contributed by atoms with E-state index in [1.807, 2.05) is 6.92 Å². The van der Waals surface area contributed by atoms with Crippen LogP contribution in [0, 0.1) is 5.82 Å². The number of carbonyl (C=O) groups excluding carboxylic acids is 1. The van der Waals surface area contributed by atoms with Gasteiger partial charge < -0.3 is 15.4 Å². The fourth-order valence-corrected chi connectivity index (χ4v) is 5.59. The van der Waals surface area contributed by atoms with Gasteiger partial charge in [-0.05, 0) is 60.7 Å². The quantitative estimate of drug-likeness (QED) is 0.337. The molecule has 0 saturated carbocycles. The van der Waals surface area contributed by atoms with Crippen LogP contribution in [0.2, 0.25) is 0 Å². The highest BCUT2D eigenvalue weighted by molar-refractivity contribution is 6.00. The van der Waals surface area contributed by atoms with Gasteiger partial charge >= 0.3 is 6.18 Å². The molecule has 1 aliphatic carbocycles. The highest BCUT2D eigenvalue weighted by atomic mass is 19.4. The second-order valence-corrected chi connectivity index (χ2v) is 9.76. The van der Waals surface area contributed by atoms with Crippen molar-refractivity contribution in [3.05, 3.63) is 93.8 Å². The molecule has 0 spiro atoms. The van der Waals surface area contributed by atoms with Crippen molar-refractivity contribution in [2.45, 2.75) is 51.2 Å². The number of aryl methyl sites for hydroxylation is 1. The molecule has 11 heteroatoms. The van der Waals surface area contributed by atoms with E-state index in [2.05, 4.69) is 15.0 Å². The highest BCUT2D eigenvalue weighted by Gasteiger charge is 2.37. The summed E-state index contributed by atoms with van der Waals surface area (Å²) in [5.41, 5.74) is 8.04. The summed E-state index contributed by atoms with van der Waals surface area (Å²) in [6.07, 6.45) is -0.989. The lowest BCUT2D eigenvalue weighted by Crippen LogP contribution is -2.35. The van der Waals surface area contributed by atoms with Crippen LogP contribution in [0.1, 0.15) is 69.5 Å². The van der Waals surface area contributed by atoms with Gasteiger partial charge in [-0.3, -0.25) is 4.79 Å². The summed E-state index contributed by atoms with van der Waals surface area (Å²) < 4.78 is 61.2. The molecule has 2 N–H and O–H groups in total. The van der Waals surface area contributed by atoms with E-state index in [0.29, 0.717) is 46.3 Å². The van der Waals surface area contributed by atoms with Crippen LogP contribution in [-0.2, 0) is 30.5 Å². The largest absolute Gasteiger partial charge is 0.416 e. The zero-order valence-electron chi connectivity index (χ0n) is 20.8. The molecule has 6 rings (SSSR count). The zero-order valence-corrected chi connectivity index (χ0v) is 20.8. The van der Waals surface area contributed by atoms with Gasteiger partial charge in [0.15, 0.2) is 0 Å². The number of fused-ring (bicyclic) bond motifs is 4. The molecule has 0 radical (unpaired) electrons. The monoisotopic (exact) mass is 537 g/mol. The molecule has 1 aliphatic heterocycles. The first-order chi connectivity index (χ1) is 18.6. The number of carbonyl (C=O) groups is 1. The van der Waals surface area contributed by atoms with E-state index in [9.17, 15) is 18.0 Å². The number of hydrogen-bond acceptors (Lipinski definition) is 6. The molecule has 3 heterocycles. The number of benzene rings is 2. The maximum atomic E-state index is 15.5. The molecule has 1 unspecified atom stereocenters. The van der Waals surface area contributed by atoms with E-state index >= 15 is 4.39 Å². The summed E-state index contributed by atoms with van der Waals surface area (Å²) in [6, 6.07) is 7.21. The molecule has 2 atom stereocenters. The fourth-order valence-electron chi connectivity index (χ4n) is 5.59. The topological polar surface area (TPSA) is 94.2 Å². The Kier molecular flexibility index (Phi) is 5.98. The Bertz CT molecular complexity index is 1610. The first kappa shape index (κ1) is 25.2. The van der Waals surface area contributed by atoms with Crippen molar-refractivity contribution >= 4 is 22.6 Å². The van der Waals surface area contributed by atoms with Crippen molar-refractivity contribution < 1.29 is 27.1 Å². The number of nitrogens with zero attached hydrogens (tertiary/aromatic N) is 4. The van der Waals surface area contributed by atoms with Gasteiger partial charge in [0.1, 0.15) is 17.5 Å². The molecule has 0 bridgehead atoms. The number of amides is 1. The van der Waals surface area contributed by atoms with E-state index in [-0.39, 0.29) is 30.6 Å². The lowest BCUT2D eigenvalue weighted by molar-refractivity contribution is -0.137. The van der Waals surface area contributed by atoms with E-state index in [0.717, 1.165) is 17.7 Å². The van der Waals surface area contributed by atoms with Crippen LogP contribution < -0.4 is 5.73 Å². The minimum absolute atomic E-state index is 0.0550. The Labute approximate surface area is 220 Å². The second-order valence-electron chi connectivity index (χ2n) is 9.76. The summed E-state index contributed by atoms with van der Waals surface area (Å²) in [5.74, 6) is -0.831. The minimum atomic E-state index is -4.48. The zero-order chi connectivity index (χ0) is 27.5. The number of rotatable bonds is 4. The molecule has 2 aromatic carbocycles. The van der Waals surface area contributed by atoms with Crippen LogP contribution in [0.4, 0.5) is 23.4 Å². The van der Waals surface area contributed by atoms with Crippen LogP contribution in [-0.4, -0.2) is 25.8 Å². The van der Waals surface area contributed by atoms with Crippen molar-refractivity contribution in [1.82, 2.24) is 19.9 Å². The predicted molar refractivity (Wildman–Crippen MR) is 134 cm³/mol. The Morgan fingerprint density at radius 2 is 1.95 bits per heavy atom.